The molecule has 0 atom stereocenters. The van der Waals surface area contributed by atoms with Crippen LogP contribution in [0.15, 0.2) is 0 Å². The lowest BCUT2D eigenvalue weighted by molar-refractivity contribution is 0.121. The molecule has 0 heterocycles. The second-order valence-corrected chi connectivity index (χ2v) is 5.68. The van der Waals surface area contributed by atoms with Crippen LogP contribution >= 0.6 is 0 Å². The summed E-state index contributed by atoms with van der Waals surface area (Å²) in [7, 11) is -3.34. The zero-order valence-electron chi connectivity index (χ0n) is 7.52. The average Bonchev–Trinajstić information content (AvgIpc) is 2.85. The first-order chi connectivity index (χ1) is 5.93. The number of hydrogen-bond donors (Lipinski definition) is 3. The third-order valence-corrected chi connectivity index (χ3v) is 4.18. The molecule has 0 spiro atoms. The Bertz CT molecular complexity index is 266. The molecule has 1 aliphatic rings. The highest BCUT2D eigenvalue weighted by Gasteiger charge is 2.39. The van der Waals surface area contributed by atoms with Gasteiger partial charge in [-0.15, -0.1) is 0 Å². The van der Waals surface area contributed by atoms with Gasteiger partial charge >= 0.3 is 0 Å². The van der Waals surface area contributed by atoms with E-state index in [1.165, 1.54) is 6.92 Å². The molecule has 13 heavy (non-hydrogen) atoms. The van der Waals surface area contributed by atoms with Crippen LogP contribution in [-0.2, 0) is 10.0 Å². The Balaban J connectivity index is 2.65. The molecule has 1 aliphatic carbocycles. The number of hydrogen-bond acceptors (Lipinski definition) is 4. The summed E-state index contributed by atoms with van der Waals surface area (Å²) >= 11 is 0. The van der Waals surface area contributed by atoms with Gasteiger partial charge in [-0.2, -0.15) is 0 Å². The van der Waals surface area contributed by atoms with Gasteiger partial charge in [0.15, 0.2) is 0 Å². The molecule has 0 amide bonds. The van der Waals surface area contributed by atoms with Crippen molar-refractivity contribution in [2.24, 2.45) is 0 Å². The van der Waals surface area contributed by atoms with Crippen molar-refractivity contribution in [2.75, 3.05) is 13.2 Å². The van der Waals surface area contributed by atoms with E-state index >= 15 is 0 Å². The van der Waals surface area contributed by atoms with Gasteiger partial charge in [0.2, 0.25) is 10.0 Å². The van der Waals surface area contributed by atoms with Crippen LogP contribution in [0, 0.1) is 0 Å². The van der Waals surface area contributed by atoms with Gasteiger partial charge in [-0.05, 0) is 19.8 Å². The quantitative estimate of drug-likeness (QED) is 0.531. The second kappa shape index (κ2) is 3.53. The van der Waals surface area contributed by atoms with Crippen LogP contribution < -0.4 is 4.72 Å². The van der Waals surface area contributed by atoms with Gasteiger partial charge in [-0.25, -0.2) is 13.1 Å². The van der Waals surface area contributed by atoms with Gasteiger partial charge in [0.25, 0.3) is 0 Å². The van der Waals surface area contributed by atoms with E-state index in [1.54, 1.807) is 0 Å². The van der Waals surface area contributed by atoms with Crippen molar-refractivity contribution >= 4 is 10.0 Å². The minimum absolute atomic E-state index is 0.329. The van der Waals surface area contributed by atoms with Crippen LogP contribution in [0.2, 0.25) is 0 Å². The van der Waals surface area contributed by atoms with Gasteiger partial charge in [-0.3, -0.25) is 0 Å². The molecule has 0 saturated heterocycles. The Hall–Kier alpha value is -0.170. The van der Waals surface area contributed by atoms with Gasteiger partial charge in [0, 0.05) is 0 Å². The predicted molar refractivity (Wildman–Crippen MR) is 47.7 cm³/mol. The summed E-state index contributed by atoms with van der Waals surface area (Å²) in [5, 5.41) is 17.4. The van der Waals surface area contributed by atoms with Crippen LogP contribution in [0.4, 0.5) is 0 Å². The molecule has 78 valence electrons. The minimum atomic E-state index is -3.34. The fraction of sp³-hybridized carbons (Fsp3) is 1.00. The number of aliphatic hydroxyl groups excluding tert-OH is 2. The van der Waals surface area contributed by atoms with Crippen molar-refractivity contribution < 1.29 is 18.6 Å². The molecule has 5 nitrogen and oxygen atoms in total. The van der Waals surface area contributed by atoms with Crippen molar-refractivity contribution in [1.29, 1.82) is 0 Å². The molecular formula is C7H15NO4S. The first-order valence-electron chi connectivity index (χ1n) is 4.18. The number of sulfonamides is 1. The molecular weight excluding hydrogens is 194 g/mol. The standard InChI is InChI=1S/C7H15NO4S/c1-7(4-9,5-10)8-13(11,12)6-2-3-6/h6,8-10H,2-5H2,1H3. The van der Waals surface area contributed by atoms with E-state index < -0.39 is 28.8 Å². The topological polar surface area (TPSA) is 86.6 Å². The van der Waals surface area contributed by atoms with Gasteiger partial charge in [0.05, 0.1) is 24.0 Å². The van der Waals surface area contributed by atoms with E-state index in [2.05, 4.69) is 4.72 Å². The Morgan fingerprint density at radius 3 is 2.15 bits per heavy atom. The lowest BCUT2D eigenvalue weighted by Crippen LogP contribution is -2.52. The van der Waals surface area contributed by atoms with Gasteiger partial charge in [0.1, 0.15) is 0 Å². The average molecular weight is 209 g/mol. The van der Waals surface area contributed by atoms with Gasteiger partial charge < -0.3 is 10.2 Å². The molecule has 0 aromatic heterocycles. The van der Waals surface area contributed by atoms with E-state index in [9.17, 15) is 8.42 Å². The summed E-state index contributed by atoms with van der Waals surface area (Å²) in [5.41, 5.74) is -1.14. The molecule has 0 aromatic carbocycles. The maximum Gasteiger partial charge on any atom is 0.215 e. The Morgan fingerprint density at radius 2 is 1.85 bits per heavy atom. The summed E-state index contributed by atoms with van der Waals surface area (Å²) in [6.45, 7) is 0.651. The Morgan fingerprint density at radius 1 is 1.38 bits per heavy atom. The van der Waals surface area contributed by atoms with E-state index in [0.29, 0.717) is 12.8 Å². The second-order valence-electron chi connectivity index (χ2n) is 3.72. The van der Waals surface area contributed by atoms with Crippen molar-refractivity contribution in [3.63, 3.8) is 0 Å². The van der Waals surface area contributed by atoms with Crippen LogP contribution in [0.25, 0.3) is 0 Å². The van der Waals surface area contributed by atoms with Crippen molar-refractivity contribution in [3.05, 3.63) is 0 Å². The molecule has 6 heteroatoms. The SMILES string of the molecule is CC(CO)(CO)NS(=O)(=O)C1CC1. The zero-order valence-corrected chi connectivity index (χ0v) is 8.34. The number of rotatable bonds is 5. The van der Waals surface area contributed by atoms with Crippen LogP contribution in [0.3, 0.4) is 0 Å². The van der Waals surface area contributed by atoms with Crippen LogP contribution in [-0.4, -0.2) is 42.6 Å². The lowest BCUT2D eigenvalue weighted by atomic mass is 10.1. The molecule has 1 saturated carbocycles. The summed E-state index contributed by atoms with van der Waals surface area (Å²) in [4.78, 5) is 0. The Labute approximate surface area is 77.8 Å². The van der Waals surface area contributed by atoms with E-state index in [1.807, 2.05) is 0 Å². The molecule has 3 N–H and O–H groups in total. The first kappa shape index (κ1) is 10.9. The fourth-order valence-corrected chi connectivity index (χ4v) is 2.66. The normalized spacial score (nSPS) is 19.0. The van der Waals surface area contributed by atoms with Gasteiger partial charge in [-0.1, -0.05) is 0 Å². The molecule has 0 radical (unpaired) electrons. The lowest BCUT2D eigenvalue weighted by Gasteiger charge is -2.25. The molecule has 1 rings (SSSR count). The smallest absolute Gasteiger partial charge is 0.215 e. The first-order valence-corrected chi connectivity index (χ1v) is 5.73. The van der Waals surface area contributed by atoms with Crippen molar-refractivity contribution in [3.8, 4) is 0 Å². The summed E-state index contributed by atoms with van der Waals surface area (Å²) in [5.74, 6) is 0. The highest BCUT2D eigenvalue weighted by Crippen LogP contribution is 2.28. The minimum Gasteiger partial charge on any atom is -0.394 e. The molecule has 1 fully saturated rings. The predicted octanol–water partition coefficient (Wildman–Crippen LogP) is -1.19. The highest BCUT2D eigenvalue weighted by atomic mass is 32.2. The monoisotopic (exact) mass is 209 g/mol. The fourth-order valence-electron chi connectivity index (χ4n) is 0.920. The van der Waals surface area contributed by atoms with Crippen molar-refractivity contribution in [2.45, 2.75) is 30.6 Å². The maximum atomic E-state index is 11.4. The Kier molecular flexibility index (Phi) is 2.96. The van der Waals surface area contributed by atoms with E-state index in [4.69, 9.17) is 10.2 Å². The third-order valence-electron chi connectivity index (χ3n) is 2.05. The number of aliphatic hydroxyl groups is 2. The van der Waals surface area contributed by atoms with Crippen LogP contribution in [0.1, 0.15) is 19.8 Å². The molecule has 0 aliphatic heterocycles. The summed E-state index contributed by atoms with van der Waals surface area (Å²) in [6.07, 6.45) is 1.34. The summed E-state index contributed by atoms with van der Waals surface area (Å²) in [6, 6.07) is 0. The zero-order chi connectivity index (χ0) is 10.1. The summed E-state index contributed by atoms with van der Waals surface area (Å²) < 4.78 is 25.1. The van der Waals surface area contributed by atoms with Crippen molar-refractivity contribution in [1.82, 2.24) is 4.72 Å². The maximum absolute atomic E-state index is 11.4. The highest BCUT2D eigenvalue weighted by molar-refractivity contribution is 7.90. The van der Waals surface area contributed by atoms with E-state index in [0.717, 1.165) is 0 Å². The molecule has 0 bridgehead atoms. The third kappa shape index (κ3) is 2.63. The molecule has 0 unspecified atom stereocenters. The number of nitrogens with one attached hydrogen (secondary N) is 1. The van der Waals surface area contributed by atoms with Crippen LogP contribution in [0.5, 0.6) is 0 Å². The largest absolute Gasteiger partial charge is 0.394 e. The molecule has 0 aromatic rings. The van der Waals surface area contributed by atoms with E-state index in [-0.39, 0.29) is 5.25 Å².